The van der Waals surface area contributed by atoms with E-state index in [0.717, 1.165) is 30.2 Å². The van der Waals surface area contributed by atoms with E-state index in [1.165, 1.54) is 4.88 Å². The van der Waals surface area contributed by atoms with Gasteiger partial charge < -0.3 is 0 Å². The summed E-state index contributed by atoms with van der Waals surface area (Å²) in [4.78, 5) is 17.9. The average molecular weight is 198 g/mol. The van der Waals surface area contributed by atoms with E-state index in [0.29, 0.717) is 0 Å². The van der Waals surface area contributed by atoms with Gasteiger partial charge in [-0.25, -0.2) is 4.98 Å². The van der Waals surface area contributed by atoms with Gasteiger partial charge in [0.1, 0.15) is 0 Å². The topological polar surface area (TPSA) is 33.2 Å². The number of hydrogen-bond acceptors (Lipinski definition) is 3. The zero-order valence-corrected chi connectivity index (χ0v) is 9.02. The fourth-order valence-corrected chi connectivity index (χ4v) is 1.91. The van der Waals surface area contributed by atoms with E-state index in [1.54, 1.807) is 16.2 Å². The van der Waals surface area contributed by atoms with E-state index in [4.69, 9.17) is 0 Å². The molecule has 0 saturated carbocycles. The number of anilines is 1. The van der Waals surface area contributed by atoms with Crippen LogP contribution in [0.4, 0.5) is 5.13 Å². The van der Waals surface area contributed by atoms with Gasteiger partial charge in [0.05, 0.1) is 5.69 Å². The second kappa shape index (κ2) is 4.37. The SMILES string of the molecule is CCCN(C=O)c1nc(C)c(C)s1. The Hall–Kier alpha value is -0.900. The van der Waals surface area contributed by atoms with Crippen LogP contribution in [0.2, 0.25) is 0 Å². The highest BCUT2D eigenvalue weighted by atomic mass is 32.1. The molecule has 0 N–H and O–H groups in total. The highest BCUT2D eigenvalue weighted by molar-refractivity contribution is 7.15. The summed E-state index contributed by atoms with van der Waals surface area (Å²) < 4.78 is 0. The smallest absolute Gasteiger partial charge is 0.215 e. The molecular formula is C9H14N2OS. The maximum Gasteiger partial charge on any atom is 0.215 e. The summed E-state index contributed by atoms with van der Waals surface area (Å²) >= 11 is 1.57. The van der Waals surface area contributed by atoms with Gasteiger partial charge in [0.25, 0.3) is 0 Å². The van der Waals surface area contributed by atoms with Crippen LogP contribution < -0.4 is 4.90 Å². The van der Waals surface area contributed by atoms with Crippen molar-refractivity contribution in [3.63, 3.8) is 0 Å². The van der Waals surface area contributed by atoms with E-state index in [2.05, 4.69) is 4.98 Å². The van der Waals surface area contributed by atoms with Gasteiger partial charge in [-0.15, -0.1) is 11.3 Å². The minimum Gasteiger partial charge on any atom is -0.291 e. The zero-order chi connectivity index (χ0) is 9.84. The Morgan fingerprint density at radius 1 is 1.54 bits per heavy atom. The Morgan fingerprint density at radius 2 is 2.23 bits per heavy atom. The zero-order valence-electron chi connectivity index (χ0n) is 8.20. The molecule has 0 bridgehead atoms. The molecule has 0 radical (unpaired) electrons. The predicted molar refractivity (Wildman–Crippen MR) is 55.3 cm³/mol. The molecule has 1 aromatic rings. The number of rotatable bonds is 4. The Balaban J connectivity index is 2.84. The second-order valence-corrected chi connectivity index (χ2v) is 4.12. The number of amides is 1. The van der Waals surface area contributed by atoms with Gasteiger partial charge in [0.15, 0.2) is 5.13 Å². The van der Waals surface area contributed by atoms with Crippen molar-refractivity contribution in [1.29, 1.82) is 0 Å². The lowest BCUT2D eigenvalue weighted by Gasteiger charge is -2.11. The largest absolute Gasteiger partial charge is 0.291 e. The minimum atomic E-state index is 0.746. The van der Waals surface area contributed by atoms with Gasteiger partial charge in [0, 0.05) is 11.4 Å². The van der Waals surface area contributed by atoms with E-state index in [9.17, 15) is 4.79 Å². The fourth-order valence-electron chi connectivity index (χ4n) is 1.01. The normalized spacial score (nSPS) is 10.1. The van der Waals surface area contributed by atoms with E-state index < -0.39 is 0 Å². The number of aromatic nitrogens is 1. The fraction of sp³-hybridized carbons (Fsp3) is 0.556. The molecule has 0 spiro atoms. The molecule has 72 valence electrons. The molecule has 3 nitrogen and oxygen atoms in total. The van der Waals surface area contributed by atoms with Gasteiger partial charge in [-0.2, -0.15) is 0 Å². The standard InChI is InChI=1S/C9H14N2OS/c1-4-5-11(6-12)9-10-7(2)8(3)13-9/h6H,4-5H2,1-3H3. The van der Waals surface area contributed by atoms with Crippen molar-refractivity contribution in [3.05, 3.63) is 10.6 Å². The molecular weight excluding hydrogens is 184 g/mol. The summed E-state index contributed by atoms with van der Waals surface area (Å²) in [6.45, 7) is 6.77. The van der Waals surface area contributed by atoms with Crippen molar-refractivity contribution in [2.75, 3.05) is 11.4 Å². The molecule has 4 heteroatoms. The summed E-state index contributed by atoms with van der Waals surface area (Å²) in [5, 5.41) is 0.812. The van der Waals surface area contributed by atoms with Crippen LogP contribution in [-0.4, -0.2) is 17.9 Å². The average Bonchev–Trinajstić information content (AvgIpc) is 2.43. The van der Waals surface area contributed by atoms with Gasteiger partial charge in [-0.3, -0.25) is 9.69 Å². The molecule has 1 amide bonds. The van der Waals surface area contributed by atoms with Gasteiger partial charge >= 0.3 is 0 Å². The lowest BCUT2D eigenvalue weighted by atomic mass is 10.4. The molecule has 0 aliphatic heterocycles. The molecule has 0 saturated heterocycles. The first-order chi connectivity index (χ1) is 6.19. The Morgan fingerprint density at radius 3 is 2.62 bits per heavy atom. The number of carbonyl (C=O) groups excluding carboxylic acids is 1. The first kappa shape index (κ1) is 10.2. The summed E-state index contributed by atoms with van der Waals surface area (Å²) in [6, 6.07) is 0. The van der Waals surface area contributed by atoms with Crippen molar-refractivity contribution in [3.8, 4) is 0 Å². The van der Waals surface area contributed by atoms with Crippen LogP contribution in [0.15, 0.2) is 0 Å². The van der Waals surface area contributed by atoms with Crippen LogP contribution in [0.25, 0.3) is 0 Å². The molecule has 0 atom stereocenters. The molecule has 0 aliphatic carbocycles. The lowest BCUT2D eigenvalue weighted by molar-refractivity contribution is -0.107. The Kier molecular flexibility index (Phi) is 3.42. The monoisotopic (exact) mass is 198 g/mol. The Bertz CT molecular complexity index is 276. The van der Waals surface area contributed by atoms with Crippen LogP contribution in [-0.2, 0) is 4.79 Å². The molecule has 0 aromatic carbocycles. The summed E-state index contributed by atoms with van der Waals surface area (Å²) in [7, 11) is 0. The molecule has 1 aromatic heterocycles. The van der Waals surface area contributed by atoms with Gasteiger partial charge in [-0.05, 0) is 20.3 Å². The van der Waals surface area contributed by atoms with E-state index in [-0.39, 0.29) is 0 Å². The van der Waals surface area contributed by atoms with E-state index in [1.807, 2.05) is 20.8 Å². The maximum absolute atomic E-state index is 10.7. The molecule has 13 heavy (non-hydrogen) atoms. The maximum atomic E-state index is 10.7. The third-order valence-corrected chi connectivity index (χ3v) is 2.96. The van der Waals surface area contributed by atoms with Crippen molar-refractivity contribution < 1.29 is 4.79 Å². The van der Waals surface area contributed by atoms with Crippen molar-refractivity contribution in [1.82, 2.24) is 4.98 Å². The molecule has 1 rings (SSSR count). The molecule has 0 fully saturated rings. The lowest BCUT2D eigenvalue weighted by Crippen LogP contribution is -2.21. The number of thiazole rings is 1. The highest BCUT2D eigenvalue weighted by Crippen LogP contribution is 2.24. The molecule has 0 aliphatic rings. The van der Waals surface area contributed by atoms with Crippen molar-refractivity contribution >= 4 is 22.9 Å². The Labute approximate surface area is 82.4 Å². The van der Waals surface area contributed by atoms with Crippen LogP contribution in [0.5, 0.6) is 0 Å². The van der Waals surface area contributed by atoms with Crippen LogP contribution in [0.1, 0.15) is 23.9 Å². The minimum absolute atomic E-state index is 0.746. The number of nitrogens with zero attached hydrogens (tertiary/aromatic N) is 2. The van der Waals surface area contributed by atoms with Gasteiger partial charge in [0.2, 0.25) is 6.41 Å². The number of hydrogen-bond donors (Lipinski definition) is 0. The third kappa shape index (κ3) is 2.28. The highest BCUT2D eigenvalue weighted by Gasteiger charge is 2.09. The number of carbonyl (C=O) groups is 1. The second-order valence-electron chi connectivity index (χ2n) is 2.94. The quantitative estimate of drug-likeness (QED) is 0.694. The van der Waals surface area contributed by atoms with Crippen molar-refractivity contribution in [2.45, 2.75) is 27.2 Å². The summed E-state index contributed by atoms with van der Waals surface area (Å²) in [5.41, 5.74) is 1.02. The van der Waals surface area contributed by atoms with E-state index >= 15 is 0 Å². The van der Waals surface area contributed by atoms with Crippen LogP contribution in [0.3, 0.4) is 0 Å². The van der Waals surface area contributed by atoms with Crippen molar-refractivity contribution in [2.24, 2.45) is 0 Å². The first-order valence-electron chi connectivity index (χ1n) is 4.35. The predicted octanol–water partition coefficient (Wildman–Crippen LogP) is 2.13. The summed E-state index contributed by atoms with van der Waals surface area (Å²) in [5.74, 6) is 0. The van der Waals surface area contributed by atoms with Crippen LogP contribution in [0, 0.1) is 13.8 Å². The number of aryl methyl sites for hydroxylation is 2. The third-order valence-electron chi connectivity index (χ3n) is 1.85. The first-order valence-corrected chi connectivity index (χ1v) is 5.16. The van der Waals surface area contributed by atoms with Gasteiger partial charge in [-0.1, -0.05) is 6.92 Å². The molecule has 1 heterocycles. The summed E-state index contributed by atoms with van der Waals surface area (Å²) in [6.07, 6.45) is 1.80. The van der Waals surface area contributed by atoms with Crippen LogP contribution >= 0.6 is 11.3 Å². The molecule has 0 unspecified atom stereocenters.